The molecule has 0 unspecified atom stereocenters. The number of amides is 1. The van der Waals surface area contributed by atoms with Crippen molar-refractivity contribution in [1.29, 1.82) is 0 Å². The summed E-state index contributed by atoms with van der Waals surface area (Å²) in [6, 6.07) is 8.89. The maximum atomic E-state index is 12.6. The van der Waals surface area contributed by atoms with Crippen molar-refractivity contribution >= 4 is 16.9 Å². The van der Waals surface area contributed by atoms with Crippen LogP contribution in [0.1, 0.15) is 30.6 Å². The Hall–Kier alpha value is -2.10. The number of rotatable bonds is 1. The fourth-order valence-corrected chi connectivity index (χ4v) is 3.21. The average molecular weight is 285 g/mol. The highest BCUT2D eigenvalue weighted by molar-refractivity contribution is 5.96. The molecular weight excluding hydrogens is 266 g/mol. The number of hydrogen-bond acceptors (Lipinski definition) is 3. The Labute approximate surface area is 123 Å². The van der Waals surface area contributed by atoms with Gasteiger partial charge in [0.25, 0.3) is 5.91 Å². The Bertz CT molecular complexity index is 724. The molecule has 0 N–H and O–H groups in total. The van der Waals surface area contributed by atoms with Gasteiger partial charge in [-0.2, -0.15) is 0 Å². The molecule has 2 heterocycles. The van der Waals surface area contributed by atoms with E-state index in [2.05, 4.69) is 13.8 Å². The van der Waals surface area contributed by atoms with Crippen molar-refractivity contribution in [3.63, 3.8) is 0 Å². The fraction of sp³-hybridized carbons (Fsp3) is 0.412. The topological polar surface area (TPSA) is 50.5 Å². The number of piperidine rings is 1. The number of fused-ring (bicyclic) bond motifs is 1. The number of carbonyl (C=O) groups excluding carboxylic acids is 1. The quantitative estimate of drug-likeness (QED) is 0.757. The van der Waals surface area contributed by atoms with Gasteiger partial charge in [0, 0.05) is 18.5 Å². The first-order valence-electron chi connectivity index (χ1n) is 7.36. The van der Waals surface area contributed by atoms with E-state index in [1.165, 1.54) is 0 Å². The Morgan fingerprint density at radius 2 is 1.86 bits per heavy atom. The van der Waals surface area contributed by atoms with E-state index < -0.39 is 5.63 Å². The Kier molecular flexibility index (Phi) is 3.53. The van der Waals surface area contributed by atoms with Crippen LogP contribution in [-0.2, 0) is 0 Å². The molecular formula is C17H19NO3. The van der Waals surface area contributed by atoms with Crippen LogP contribution in [0.25, 0.3) is 11.0 Å². The van der Waals surface area contributed by atoms with Gasteiger partial charge in [-0.25, -0.2) is 4.79 Å². The summed E-state index contributed by atoms with van der Waals surface area (Å²) in [4.78, 5) is 26.5. The second-order valence-electron chi connectivity index (χ2n) is 6.14. The highest BCUT2D eigenvalue weighted by atomic mass is 16.4. The molecule has 2 atom stereocenters. The van der Waals surface area contributed by atoms with Crippen molar-refractivity contribution in [1.82, 2.24) is 4.90 Å². The first-order valence-corrected chi connectivity index (χ1v) is 7.36. The Morgan fingerprint density at radius 1 is 1.19 bits per heavy atom. The van der Waals surface area contributed by atoms with Gasteiger partial charge in [-0.3, -0.25) is 4.79 Å². The lowest BCUT2D eigenvalue weighted by atomic mass is 9.91. The predicted molar refractivity (Wildman–Crippen MR) is 81.3 cm³/mol. The molecule has 110 valence electrons. The largest absolute Gasteiger partial charge is 0.422 e. The van der Waals surface area contributed by atoms with Crippen LogP contribution in [-0.4, -0.2) is 23.9 Å². The van der Waals surface area contributed by atoms with Crippen LogP contribution in [0.5, 0.6) is 0 Å². The fourth-order valence-electron chi connectivity index (χ4n) is 3.21. The molecule has 1 saturated heterocycles. The maximum absolute atomic E-state index is 12.6. The predicted octanol–water partition coefficient (Wildman–Crippen LogP) is 2.91. The van der Waals surface area contributed by atoms with E-state index in [0.717, 1.165) is 11.8 Å². The highest BCUT2D eigenvalue weighted by Gasteiger charge is 2.28. The first kappa shape index (κ1) is 13.9. The summed E-state index contributed by atoms with van der Waals surface area (Å²) in [6.07, 6.45) is 1.12. The van der Waals surface area contributed by atoms with E-state index in [0.29, 0.717) is 30.5 Å². The minimum Gasteiger partial charge on any atom is -0.422 e. The zero-order chi connectivity index (χ0) is 15.0. The molecule has 0 radical (unpaired) electrons. The monoisotopic (exact) mass is 285 g/mol. The molecule has 0 spiro atoms. The third kappa shape index (κ3) is 2.71. The van der Waals surface area contributed by atoms with Gasteiger partial charge < -0.3 is 9.32 Å². The SMILES string of the molecule is C[C@H]1C[C@H](C)CN(C(=O)c2cc3ccccc3oc2=O)C1. The van der Waals surface area contributed by atoms with Gasteiger partial charge in [-0.15, -0.1) is 0 Å². The highest BCUT2D eigenvalue weighted by Crippen LogP contribution is 2.22. The van der Waals surface area contributed by atoms with Crippen molar-refractivity contribution in [2.45, 2.75) is 20.3 Å². The molecule has 2 aromatic rings. The third-order valence-electron chi connectivity index (χ3n) is 4.03. The van der Waals surface area contributed by atoms with Crippen molar-refractivity contribution in [3.8, 4) is 0 Å². The molecule has 1 fully saturated rings. The van der Waals surface area contributed by atoms with Crippen molar-refractivity contribution < 1.29 is 9.21 Å². The lowest BCUT2D eigenvalue weighted by molar-refractivity contribution is 0.0619. The van der Waals surface area contributed by atoms with E-state index in [4.69, 9.17) is 4.42 Å². The van der Waals surface area contributed by atoms with E-state index >= 15 is 0 Å². The molecule has 1 aromatic heterocycles. The van der Waals surface area contributed by atoms with Gasteiger partial charge in [0.05, 0.1) is 0 Å². The summed E-state index contributed by atoms with van der Waals surface area (Å²) in [6.45, 7) is 5.68. The number of para-hydroxylation sites is 1. The van der Waals surface area contributed by atoms with Gasteiger partial charge >= 0.3 is 5.63 Å². The number of hydrogen-bond donors (Lipinski definition) is 0. The number of likely N-dealkylation sites (tertiary alicyclic amines) is 1. The zero-order valence-corrected chi connectivity index (χ0v) is 12.3. The van der Waals surface area contributed by atoms with Gasteiger partial charge in [-0.1, -0.05) is 32.0 Å². The van der Waals surface area contributed by atoms with Gasteiger partial charge in [-0.05, 0) is 30.4 Å². The number of carbonyl (C=O) groups is 1. The summed E-state index contributed by atoms with van der Waals surface area (Å²) in [5.41, 5.74) is 0.0963. The van der Waals surface area contributed by atoms with Gasteiger partial charge in [0.1, 0.15) is 11.1 Å². The maximum Gasteiger partial charge on any atom is 0.349 e. The summed E-state index contributed by atoms with van der Waals surface area (Å²) in [7, 11) is 0. The molecule has 0 bridgehead atoms. The van der Waals surface area contributed by atoms with E-state index in [1.807, 2.05) is 12.1 Å². The van der Waals surface area contributed by atoms with Crippen LogP contribution in [0.2, 0.25) is 0 Å². The molecule has 21 heavy (non-hydrogen) atoms. The lowest BCUT2D eigenvalue weighted by Crippen LogP contribution is -2.43. The summed E-state index contributed by atoms with van der Waals surface area (Å²) in [5.74, 6) is 0.711. The second kappa shape index (κ2) is 5.35. The molecule has 0 saturated carbocycles. The zero-order valence-electron chi connectivity index (χ0n) is 12.3. The lowest BCUT2D eigenvalue weighted by Gasteiger charge is -2.34. The summed E-state index contributed by atoms with van der Waals surface area (Å²) >= 11 is 0. The Balaban J connectivity index is 1.97. The number of nitrogens with zero attached hydrogens (tertiary/aromatic N) is 1. The van der Waals surface area contributed by atoms with Crippen molar-refractivity contribution in [3.05, 3.63) is 46.3 Å². The van der Waals surface area contributed by atoms with Crippen LogP contribution in [0.4, 0.5) is 0 Å². The standard InChI is InChI=1S/C17H19NO3/c1-11-7-12(2)10-18(9-11)16(19)14-8-13-5-3-4-6-15(13)21-17(14)20/h3-6,8,11-12H,7,9-10H2,1-2H3/t11-,12-/m0/s1. The average Bonchev–Trinajstić information content (AvgIpc) is 2.44. The molecule has 4 heteroatoms. The van der Waals surface area contributed by atoms with Crippen LogP contribution in [0.3, 0.4) is 0 Å². The molecule has 3 rings (SSSR count). The Morgan fingerprint density at radius 3 is 2.57 bits per heavy atom. The van der Waals surface area contributed by atoms with E-state index in [9.17, 15) is 9.59 Å². The van der Waals surface area contributed by atoms with Gasteiger partial charge in [0.2, 0.25) is 0 Å². The van der Waals surface area contributed by atoms with Crippen LogP contribution in [0, 0.1) is 11.8 Å². The van der Waals surface area contributed by atoms with Crippen LogP contribution in [0.15, 0.2) is 39.5 Å². The van der Waals surface area contributed by atoms with Crippen LogP contribution >= 0.6 is 0 Å². The van der Waals surface area contributed by atoms with E-state index in [1.54, 1.807) is 23.1 Å². The molecule has 1 aliphatic heterocycles. The molecule has 1 amide bonds. The van der Waals surface area contributed by atoms with E-state index in [-0.39, 0.29) is 11.5 Å². The molecule has 1 aromatic carbocycles. The normalized spacial score (nSPS) is 22.5. The second-order valence-corrected chi connectivity index (χ2v) is 6.14. The molecule has 1 aliphatic rings. The first-order chi connectivity index (χ1) is 10.0. The minimum absolute atomic E-state index is 0.134. The number of benzene rings is 1. The molecule has 4 nitrogen and oxygen atoms in total. The minimum atomic E-state index is -0.551. The van der Waals surface area contributed by atoms with Gasteiger partial charge in [0.15, 0.2) is 0 Å². The van der Waals surface area contributed by atoms with Crippen molar-refractivity contribution in [2.24, 2.45) is 11.8 Å². The van der Waals surface area contributed by atoms with Crippen molar-refractivity contribution in [2.75, 3.05) is 13.1 Å². The molecule has 0 aliphatic carbocycles. The third-order valence-corrected chi connectivity index (χ3v) is 4.03. The smallest absolute Gasteiger partial charge is 0.349 e. The van der Waals surface area contributed by atoms with Crippen LogP contribution < -0.4 is 5.63 Å². The summed E-state index contributed by atoms with van der Waals surface area (Å²) < 4.78 is 5.26. The summed E-state index contributed by atoms with van der Waals surface area (Å²) in [5, 5.41) is 0.776.